The first kappa shape index (κ1) is 23.4. The molecule has 1 N–H and O–H groups in total. The van der Waals surface area contributed by atoms with Gasteiger partial charge >= 0.3 is 6.09 Å². The number of ether oxygens (including phenoxy) is 2. The summed E-state index contributed by atoms with van der Waals surface area (Å²) in [6, 6.07) is 16.8. The van der Waals surface area contributed by atoms with E-state index in [1.54, 1.807) is 23.1 Å². The Kier molecular flexibility index (Phi) is 7.76. The van der Waals surface area contributed by atoms with E-state index in [4.69, 9.17) is 9.47 Å². The summed E-state index contributed by atoms with van der Waals surface area (Å²) in [7, 11) is 0. The van der Waals surface area contributed by atoms with Crippen LogP contribution in [0, 0.1) is 5.92 Å². The third kappa shape index (κ3) is 5.80. The van der Waals surface area contributed by atoms with Gasteiger partial charge in [0.2, 0.25) is 6.23 Å². The molecule has 2 bridgehead atoms. The van der Waals surface area contributed by atoms with Crippen molar-refractivity contribution < 1.29 is 23.9 Å². The van der Waals surface area contributed by atoms with Gasteiger partial charge in [0.15, 0.2) is 0 Å². The molecule has 0 aromatic heterocycles. The molecule has 1 unspecified atom stereocenters. The number of carbonyl (C=O) groups is 1. The highest BCUT2D eigenvalue weighted by atomic mass is 16.6. The van der Waals surface area contributed by atoms with Crippen LogP contribution in [0.25, 0.3) is 0 Å². The molecule has 1 amide bonds. The molecule has 0 saturated carbocycles. The van der Waals surface area contributed by atoms with Gasteiger partial charge in [-0.2, -0.15) is 0 Å². The van der Waals surface area contributed by atoms with Crippen molar-refractivity contribution in [3.63, 3.8) is 0 Å². The van der Waals surface area contributed by atoms with Crippen LogP contribution in [-0.4, -0.2) is 54.7 Å². The monoisotopic (exact) mass is 453 g/mol. The molecular weight excluding hydrogens is 416 g/mol. The third-order valence-electron chi connectivity index (χ3n) is 7.21. The maximum atomic E-state index is 13.3. The number of hydrogen-bond donors (Lipinski definition) is 1. The SMILES string of the molecule is CCCCN(C(=O)OC1CC2CC[N+]1(CCCOc1cccc(O)c1)CC2)c1ccccc1. The lowest BCUT2D eigenvalue weighted by molar-refractivity contribution is -0.984. The standard InChI is InChI=1S/C27H36N2O4/c1-2-3-15-28(23-9-5-4-6-10-23)27(31)33-26-20-22-13-17-29(26,18-14-22)16-8-19-32-25-12-7-11-24(30)21-25/h4-7,9-12,21-22,26H,2-3,8,13-20H2,1H3/p+1. The molecule has 3 aliphatic heterocycles. The van der Waals surface area contributed by atoms with Crippen LogP contribution in [0.1, 0.15) is 45.4 Å². The Morgan fingerprint density at radius 1 is 1.09 bits per heavy atom. The van der Waals surface area contributed by atoms with E-state index in [0.717, 1.165) is 55.5 Å². The van der Waals surface area contributed by atoms with Crippen LogP contribution >= 0.6 is 0 Å². The summed E-state index contributed by atoms with van der Waals surface area (Å²) in [5, 5.41) is 9.62. The largest absolute Gasteiger partial charge is 0.508 e. The number of phenolic OH excluding ortho intramolecular Hbond substituents is 1. The van der Waals surface area contributed by atoms with Crippen molar-refractivity contribution in [2.45, 2.75) is 51.7 Å². The lowest BCUT2D eigenvalue weighted by Gasteiger charge is -2.53. The average molecular weight is 454 g/mol. The molecule has 5 rings (SSSR count). The zero-order valence-corrected chi connectivity index (χ0v) is 19.7. The molecule has 3 fully saturated rings. The van der Waals surface area contributed by atoms with Gasteiger partial charge in [-0.1, -0.05) is 37.6 Å². The number of nitrogens with zero attached hydrogens (tertiary/aromatic N) is 2. The topological polar surface area (TPSA) is 59.0 Å². The Morgan fingerprint density at radius 3 is 2.61 bits per heavy atom. The van der Waals surface area contributed by atoms with Gasteiger partial charge < -0.3 is 14.6 Å². The van der Waals surface area contributed by atoms with Crippen molar-refractivity contribution in [2.75, 3.05) is 37.7 Å². The number of piperidine rings is 3. The summed E-state index contributed by atoms with van der Waals surface area (Å²) in [5.41, 5.74) is 0.901. The molecule has 6 nitrogen and oxygen atoms in total. The number of para-hydroxylation sites is 1. The minimum Gasteiger partial charge on any atom is -0.508 e. The fourth-order valence-corrected chi connectivity index (χ4v) is 5.27. The number of quaternary nitrogens is 1. The van der Waals surface area contributed by atoms with Crippen LogP contribution in [0.15, 0.2) is 54.6 Å². The van der Waals surface area contributed by atoms with E-state index in [9.17, 15) is 9.90 Å². The number of benzene rings is 2. The van der Waals surface area contributed by atoms with Crippen LogP contribution in [-0.2, 0) is 4.74 Å². The summed E-state index contributed by atoms with van der Waals surface area (Å²) in [6.07, 6.45) is 5.92. The number of hydrogen-bond acceptors (Lipinski definition) is 4. The van der Waals surface area contributed by atoms with Gasteiger partial charge in [0, 0.05) is 44.0 Å². The Balaban J connectivity index is 1.39. The first-order chi connectivity index (χ1) is 16.1. The Hall–Kier alpha value is -2.73. The van der Waals surface area contributed by atoms with Gasteiger partial charge in [-0.15, -0.1) is 0 Å². The Morgan fingerprint density at radius 2 is 1.88 bits per heavy atom. The molecule has 0 spiro atoms. The van der Waals surface area contributed by atoms with E-state index in [1.165, 1.54) is 12.8 Å². The van der Waals surface area contributed by atoms with E-state index in [0.29, 0.717) is 24.8 Å². The van der Waals surface area contributed by atoms with Gasteiger partial charge in [0.05, 0.1) is 26.2 Å². The summed E-state index contributed by atoms with van der Waals surface area (Å²) in [6.45, 7) is 6.46. The number of phenols is 1. The molecule has 1 atom stereocenters. The predicted molar refractivity (Wildman–Crippen MR) is 129 cm³/mol. The van der Waals surface area contributed by atoms with Crippen molar-refractivity contribution >= 4 is 11.8 Å². The fraction of sp³-hybridized carbons (Fsp3) is 0.519. The van der Waals surface area contributed by atoms with Gasteiger partial charge in [-0.3, -0.25) is 9.38 Å². The number of unbranched alkanes of at least 4 members (excludes halogenated alkanes) is 1. The molecule has 0 aliphatic carbocycles. The van der Waals surface area contributed by atoms with E-state index in [-0.39, 0.29) is 18.1 Å². The average Bonchev–Trinajstić information content (AvgIpc) is 2.84. The second-order valence-electron chi connectivity index (χ2n) is 9.45. The van der Waals surface area contributed by atoms with Gasteiger partial charge in [0.1, 0.15) is 11.5 Å². The minimum atomic E-state index is -0.222. The normalized spacial score (nSPS) is 23.8. The summed E-state index contributed by atoms with van der Waals surface area (Å²) >= 11 is 0. The van der Waals surface area contributed by atoms with Gasteiger partial charge in [-0.05, 0) is 36.6 Å². The van der Waals surface area contributed by atoms with E-state index in [2.05, 4.69) is 6.92 Å². The summed E-state index contributed by atoms with van der Waals surface area (Å²) < 4.78 is 13.0. The molecule has 33 heavy (non-hydrogen) atoms. The highest BCUT2D eigenvalue weighted by Crippen LogP contribution is 2.39. The second kappa shape index (κ2) is 10.9. The maximum absolute atomic E-state index is 13.3. The lowest BCUT2D eigenvalue weighted by atomic mass is 9.84. The minimum absolute atomic E-state index is 0.0846. The summed E-state index contributed by atoms with van der Waals surface area (Å²) in [4.78, 5) is 15.1. The lowest BCUT2D eigenvalue weighted by Crippen LogP contribution is -2.66. The molecular formula is C27H37N2O4+. The number of rotatable bonds is 10. The molecule has 3 saturated heterocycles. The molecule has 3 aliphatic rings. The van der Waals surface area contributed by atoms with Crippen LogP contribution < -0.4 is 9.64 Å². The highest BCUT2D eigenvalue weighted by Gasteiger charge is 2.49. The Bertz CT molecular complexity index is 896. The molecule has 178 valence electrons. The predicted octanol–water partition coefficient (Wildman–Crippen LogP) is 5.56. The molecule has 2 aromatic rings. The number of aromatic hydroxyl groups is 1. The van der Waals surface area contributed by atoms with Crippen molar-refractivity contribution in [2.24, 2.45) is 5.92 Å². The van der Waals surface area contributed by atoms with E-state index < -0.39 is 0 Å². The first-order valence-corrected chi connectivity index (χ1v) is 12.4. The number of carbonyl (C=O) groups excluding carboxylic acids is 1. The van der Waals surface area contributed by atoms with Crippen LogP contribution in [0.2, 0.25) is 0 Å². The molecule has 6 heteroatoms. The third-order valence-corrected chi connectivity index (χ3v) is 7.21. The maximum Gasteiger partial charge on any atom is 0.418 e. The Labute approximate surface area is 197 Å². The zero-order chi connectivity index (χ0) is 23.1. The fourth-order valence-electron chi connectivity index (χ4n) is 5.27. The zero-order valence-electron chi connectivity index (χ0n) is 19.7. The molecule has 3 heterocycles. The van der Waals surface area contributed by atoms with Crippen LogP contribution in [0.5, 0.6) is 11.5 Å². The second-order valence-corrected chi connectivity index (χ2v) is 9.45. The van der Waals surface area contributed by atoms with E-state index in [1.807, 2.05) is 36.4 Å². The smallest absolute Gasteiger partial charge is 0.418 e. The van der Waals surface area contributed by atoms with Crippen LogP contribution in [0.4, 0.5) is 10.5 Å². The van der Waals surface area contributed by atoms with Crippen LogP contribution in [0.3, 0.4) is 0 Å². The van der Waals surface area contributed by atoms with Gasteiger partial charge in [0.25, 0.3) is 0 Å². The molecule has 2 aromatic carbocycles. The van der Waals surface area contributed by atoms with Crippen molar-refractivity contribution in [3.8, 4) is 11.5 Å². The summed E-state index contributed by atoms with van der Waals surface area (Å²) in [5.74, 6) is 1.56. The van der Waals surface area contributed by atoms with E-state index >= 15 is 0 Å². The quantitative estimate of drug-likeness (QED) is 0.378. The van der Waals surface area contributed by atoms with Crippen molar-refractivity contribution in [1.82, 2.24) is 0 Å². The van der Waals surface area contributed by atoms with Crippen molar-refractivity contribution in [1.29, 1.82) is 0 Å². The number of fused-ring (bicyclic) bond motifs is 3. The number of anilines is 1. The van der Waals surface area contributed by atoms with Crippen molar-refractivity contribution in [3.05, 3.63) is 54.6 Å². The van der Waals surface area contributed by atoms with Gasteiger partial charge in [-0.25, -0.2) is 4.79 Å². The first-order valence-electron chi connectivity index (χ1n) is 12.4. The highest BCUT2D eigenvalue weighted by molar-refractivity contribution is 5.87. The molecule has 0 radical (unpaired) electrons. The number of amides is 1.